The molecule has 1 aromatic rings. The number of amides is 2. The average molecular weight is 275 g/mol. The van der Waals surface area contributed by atoms with Crippen molar-refractivity contribution in [1.29, 1.82) is 0 Å². The molecule has 5 nitrogen and oxygen atoms in total. The van der Waals surface area contributed by atoms with E-state index in [1.54, 1.807) is 0 Å². The number of hydrogen-bond donors (Lipinski definition) is 0. The van der Waals surface area contributed by atoms with Crippen molar-refractivity contribution in [2.24, 2.45) is 0 Å². The third kappa shape index (κ3) is 2.54. The molecule has 106 valence electrons. The first-order chi connectivity index (χ1) is 9.75. The van der Waals surface area contributed by atoms with Gasteiger partial charge in [0.25, 0.3) is 5.91 Å². The molecular formula is C15H17NO4. The summed E-state index contributed by atoms with van der Waals surface area (Å²) in [5.74, 6) is -0.258. The summed E-state index contributed by atoms with van der Waals surface area (Å²) in [6, 6.07) is 9.56. The summed E-state index contributed by atoms with van der Waals surface area (Å²) in [6.07, 6.45) is 1.12. The summed E-state index contributed by atoms with van der Waals surface area (Å²) < 4.78 is 10.4. The van der Waals surface area contributed by atoms with E-state index in [9.17, 15) is 9.59 Å². The van der Waals surface area contributed by atoms with Crippen molar-refractivity contribution in [3.8, 4) is 0 Å². The molecule has 2 saturated heterocycles. The van der Waals surface area contributed by atoms with E-state index in [1.165, 1.54) is 4.90 Å². The van der Waals surface area contributed by atoms with E-state index in [0.717, 1.165) is 12.0 Å². The molecule has 2 amide bonds. The minimum Gasteiger partial charge on any atom is -0.447 e. The van der Waals surface area contributed by atoms with Gasteiger partial charge in [-0.3, -0.25) is 4.79 Å². The highest BCUT2D eigenvalue weighted by Crippen LogP contribution is 2.22. The molecule has 0 radical (unpaired) electrons. The van der Waals surface area contributed by atoms with Crippen LogP contribution in [0.25, 0.3) is 0 Å². The van der Waals surface area contributed by atoms with E-state index >= 15 is 0 Å². The summed E-state index contributed by atoms with van der Waals surface area (Å²) in [5, 5.41) is 0. The zero-order valence-electron chi connectivity index (χ0n) is 11.2. The van der Waals surface area contributed by atoms with Gasteiger partial charge < -0.3 is 9.47 Å². The predicted molar refractivity (Wildman–Crippen MR) is 71.1 cm³/mol. The van der Waals surface area contributed by atoms with Gasteiger partial charge in [0, 0.05) is 6.61 Å². The second-order valence-corrected chi connectivity index (χ2v) is 5.13. The van der Waals surface area contributed by atoms with Crippen LogP contribution in [-0.4, -0.2) is 42.3 Å². The van der Waals surface area contributed by atoms with Gasteiger partial charge in [-0.05, 0) is 24.8 Å². The van der Waals surface area contributed by atoms with Crippen LogP contribution in [0, 0.1) is 0 Å². The minimum atomic E-state index is -0.550. The van der Waals surface area contributed by atoms with Gasteiger partial charge in [0.05, 0.1) is 6.04 Å². The maximum atomic E-state index is 12.4. The van der Waals surface area contributed by atoms with Crippen LogP contribution in [0.4, 0.5) is 4.79 Å². The zero-order valence-corrected chi connectivity index (χ0v) is 11.2. The molecule has 2 heterocycles. The van der Waals surface area contributed by atoms with Crippen molar-refractivity contribution >= 4 is 12.0 Å². The molecule has 20 heavy (non-hydrogen) atoms. The fourth-order valence-electron chi connectivity index (χ4n) is 2.69. The molecule has 2 fully saturated rings. The predicted octanol–water partition coefficient (Wildman–Crippen LogP) is 1.76. The monoisotopic (exact) mass is 275 g/mol. The van der Waals surface area contributed by atoms with E-state index in [2.05, 4.69) is 0 Å². The molecule has 3 rings (SSSR count). The molecular weight excluding hydrogens is 258 g/mol. The highest BCUT2D eigenvalue weighted by molar-refractivity contribution is 5.96. The number of imide groups is 1. The lowest BCUT2D eigenvalue weighted by Gasteiger charge is -2.22. The molecule has 0 aromatic heterocycles. The number of nitrogens with zero attached hydrogens (tertiary/aromatic N) is 1. The van der Waals surface area contributed by atoms with Crippen LogP contribution in [-0.2, 0) is 20.7 Å². The zero-order chi connectivity index (χ0) is 13.9. The van der Waals surface area contributed by atoms with Gasteiger partial charge in [-0.2, -0.15) is 0 Å². The SMILES string of the molecule is O=C1OC[C@H](Cc2ccccc2)N1C(=O)C1CCCO1. The van der Waals surface area contributed by atoms with E-state index in [-0.39, 0.29) is 18.6 Å². The van der Waals surface area contributed by atoms with Crippen LogP contribution in [0.15, 0.2) is 30.3 Å². The van der Waals surface area contributed by atoms with Crippen molar-refractivity contribution < 1.29 is 19.1 Å². The van der Waals surface area contributed by atoms with Crippen LogP contribution in [0.3, 0.4) is 0 Å². The highest BCUT2D eigenvalue weighted by atomic mass is 16.6. The Morgan fingerprint density at radius 3 is 2.80 bits per heavy atom. The van der Waals surface area contributed by atoms with Crippen molar-refractivity contribution in [2.45, 2.75) is 31.4 Å². The lowest BCUT2D eigenvalue weighted by molar-refractivity contribution is -0.138. The van der Waals surface area contributed by atoms with Gasteiger partial charge in [-0.1, -0.05) is 30.3 Å². The second kappa shape index (κ2) is 5.63. The van der Waals surface area contributed by atoms with Gasteiger partial charge in [0.1, 0.15) is 12.7 Å². The Morgan fingerprint density at radius 1 is 1.30 bits per heavy atom. The van der Waals surface area contributed by atoms with Gasteiger partial charge in [-0.25, -0.2) is 9.69 Å². The van der Waals surface area contributed by atoms with Crippen molar-refractivity contribution in [2.75, 3.05) is 13.2 Å². The lowest BCUT2D eigenvalue weighted by Crippen LogP contribution is -2.45. The highest BCUT2D eigenvalue weighted by Gasteiger charge is 2.41. The van der Waals surface area contributed by atoms with Gasteiger partial charge in [0.15, 0.2) is 0 Å². The Kier molecular flexibility index (Phi) is 3.69. The van der Waals surface area contributed by atoms with Crippen LogP contribution in [0.5, 0.6) is 0 Å². The smallest absolute Gasteiger partial charge is 0.417 e. The van der Waals surface area contributed by atoms with Crippen LogP contribution in [0.2, 0.25) is 0 Å². The number of ether oxygens (including phenoxy) is 2. The first-order valence-corrected chi connectivity index (χ1v) is 6.91. The first kappa shape index (κ1) is 13.1. The molecule has 5 heteroatoms. The first-order valence-electron chi connectivity index (χ1n) is 6.91. The number of carbonyl (C=O) groups is 2. The Balaban J connectivity index is 1.73. The molecule has 2 aliphatic heterocycles. The third-order valence-electron chi connectivity index (χ3n) is 3.72. The van der Waals surface area contributed by atoms with Crippen LogP contribution < -0.4 is 0 Å². The van der Waals surface area contributed by atoms with Crippen LogP contribution >= 0.6 is 0 Å². The van der Waals surface area contributed by atoms with Crippen molar-refractivity contribution in [3.05, 3.63) is 35.9 Å². The number of cyclic esters (lactones) is 1. The summed E-state index contributed by atoms with van der Waals surface area (Å²) >= 11 is 0. The molecule has 0 saturated carbocycles. The summed E-state index contributed by atoms with van der Waals surface area (Å²) in [6.45, 7) is 0.842. The maximum Gasteiger partial charge on any atom is 0.417 e. The quantitative estimate of drug-likeness (QED) is 0.843. The van der Waals surface area contributed by atoms with E-state index < -0.39 is 12.2 Å². The Morgan fingerprint density at radius 2 is 2.10 bits per heavy atom. The lowest BCUT2D eigenvalue weighted by atomic mass is 10.1. The summed E-state index contributed by atoms with van der Waals surface area (Å²) in [4.78, 5) is 25.4. The fourth-order valence-corrected chi connectivity index (χ4v) is 2.69. The van der Waals surface area contributed by atoms with Gasteiger partial charge >= 0.3 is 6.09 Å². The molecule has 0 bridgehead atoms. The number of rotatable bonds is 3. The molecule has 0 aliphatic carbocycles. The Bertz CT molecular complexity index is 496. The summed E-state index contributed by atoms with van der Waals surface area (Å²) in [7, 11) is 0. The molecule has 2 aliphatic rings. The Labute approximate surface area is 117 Å². The largest absolute Gasteiger partial charge is 0.447 e. The second-order valence-electron chi connectivity index (χ2n) is 5.13. The van der Waals surface area contributed by atoms with Crippen molar-refractivity contribution in [1.82, 2.24) is 4.90 Å². The number of carbonyl (C=O) groups excluding carboxylic acids is 2. The normalized spacial score (nSPS) is 25.8. The standard InChI is InChI=1S/C15H17NO4/c17-14(13-7-4-8-19-13)16-12(10-20-15(16)18)9-11-5-2-1-3-6-11/h1-3,5-6,12-13H,4,7-10H2/t12-,13?/m0/s1. The minimum absolute atomic E-state index is 0.235. The Hall–Kier alpha value is -1.88. The van der Waals surface area contributed by atoms with E-state index in [1.807, 2.05) is 30.3 Å². The fraction of sp³-hybridized carbons (Fsp3) is 0.467. The van der Waals surface area contributed by atoms with E-state index in [0.29, 0.717) is 19.4 Å². The molecule has 0 N–H and O–H groups in total. The number of benzene rings is 1. The number of hydrogen-bond acceptors (Lipinski definition) is 4. The molecule has 1 unspecified atom stereocenters. The van der Waals surface area contributed by atoms with Crippen molar-refractivity contribution in [3.63, 3.8) is 0 Å². The average Bonchev–Trinajstić information content (AvgIpc) is 3.10. The van der Waals surface area contributed by atoms with Gasteiger partial charge in [0.2, 0.25) is 0 Å². The maximum absolute atomic E-state index is 12.4. The topological polar surface area (TPSA) is 55.8 Å². The molecule has 0 spiro atoms. The molecule has 1 aromatic carbocycles. The summed E-state index contributed by atoms with van der Waals surface area (Å²) in [5.41, 5.74) is 1.08. The van der Waals surface area contributed by atoms with Crippen LogP contribution in [0.1, 0.15) is 18.4 Å². The molecule has 2 atom stereocenters. The van der Waals surface area contributed by atoms with E-state index in [4.69, 9.17) is 9.47 Å². The van der Waals surface area contributed by atoms with Gasteiger partial charge in [-0.15, -0.1) is 0 Å². The third-order valence-corrected chi connectivity index (χ3v) is 3.72.